The molecule has 102 valence electrons. The Morgan fingerprint density at radius 3 is 2.90 bits per heavy atom. The van der Waals surface area contributed by atoms with Gasteiger partial charge >= 0.3 is 0 Å². The van der Waals surface area contributed by atoms with Crippen LogP contribution in [0.15, 0.2) is 30.3 Å². The Balaban J connectivity index is 2.43. The Hall–Kier alpha value is -1.96. The molecule has 20 heavy (non-hydrogen) atoms. The van der Waals surface area contributed by atoms with Gasteiger partial charge in [0.1, 0.15) is 4.99 Å². The summed E-state index contributed by atoms with van der Waals surface area (Å²) in [7, 11) is 0. The molecule has 0 bridgehead atoms. The van der Waals surface area contributed by atoms with Gasteiger partial charge < -0.3 is 0 Å². The minimum absolute atomic E-state index is 0.560. The smallest absolute Gasteiger partial charge is 0.213 e. The SMILES string of the molecule is C#CC[n+]1c(C)ccc2cc(C(=S)NOCC)ccc21. The van der Waals surface area contributed by atoms with E-state index < -0.39 is 0 Å². The van der Waals surface area contributed by atoms with Crippen molar-refractivity contribution in [3.8, 4) is 12.3 Å². The third-order valence-corrected chi connectivity index (χ3v) is 3.39. The minimum Gasteiger partial charge on any atom is -0.276 e. The Bertz CT molecular complexity index is 689. The lowest BCUT2D eigenvalue weighted by atomic mass is 10.1. The molecule has 1 aromatic heterocycles. The molecule has 0 unspecified atom stereocenters. The first-order valence-corrected chi connectivity index (χ1v) is 6.87. The highest BCUT2D eigenvalue weighted by Gasteiger charge is 2.12. The number of rotatable bonds is 4. The second-order valence-corrected chi connectivity index (χ2v) is 4.81. The summed E-state index contributed by atoms with van der Waals surface area (Å²) in [5.74, 6) is 2.69. The number of thiocarbonyl (C=S) groups is 1. The number of fused-ring (bicyclic) bond motifs is 1. The van der Waals surface area contributed by atoms with Gasteiger partial charge in [-0.2, -0.15) is 4.57 Å². The predicted molar refractivity (Wildman–Crippen MR) is 84.2 cm³/mol. The van der Waals surface area contributed by atoms with Crippen LogP contribution in [0.2, 0.25) is 0 Å². The van der Waals surface area contributed by atoms with E-state index in [0.29, 0.717) is 18.1 Å². The van der Waals surface area contributed by atoms with E-state index in [4.69, 9.17) is 23.5 Å². The zero-order valence-corrected chi connectivity index (χ0v) is 12.5. The Morgan fingerprint density at radius 1 is 1.40 bits per heavy atom. The van der Waals surface area contributed by atoms with E-state index in [0.717, 1.165) is 22.2 Å². The van der Waals surface area contributed by atoms with Crippen LogP contribution in [0.25, 0.3) is 10.9 Å². The Morgan fingerprint density at radius 2 is 2.20 bits per heavy atom. The van der Waals surface area contributed by atoms with Crippen molar-refractivity contribution < 1.29 is 9.40 Å². The summed E-state index contributed by atoms with van der Waals surface area (Å²) >= 11 is 5.28. The van der Waals surface area contributed by atoms with Crippen molar-refractivity contribution in [3.05, 3.63) is 41.6 Å². The standard InChI is InChI=1S/C16H16N2OS/c1-4-10-18-12(3)6-7-13-11-14(8-9-15(13)18)16(20)17-19-5-2/h1,6-9,11H,5,10H2,2-3H3/p+1. The maximum Gasteiger partial charge on any atom is 0.213 e. The first-order chi connectivity index (χ1) is 9.67. The first kappa shape index (κ1) is 14.4. The number of hydroxylamine groups is 1. The van der Waals surface area contributed by atoms with Gasteiger partial charge in [0.05, 0.1) is 6.61 Å². The average molecular weight is 285 g/mol. The molecule has 0 amide bonds. The Kier molecular flexibility index (Phi) is 4.67. The molecule has 1 N–H and O–H groups in total. The molecule has 2 aromatic rings. The number of hydrogen-bond acceptors (Lipinski definition) is 2. The second kappa shape index (κ2) is 6.47. The summed E-state index contributed by atoms with van der Waals surface area (Å²) in [6.45, 7) is 5.08. The molecule has 3 nitrogen and oxygen atoms in total. The summed E-state index contributed by atoms with van der Waals surface area (Å²) in [6, 6.07) is 10.2. The summed E-state index contributed by atoms with van der Waals surface area (Å²) in [5, 5.41) is 1.10. The number of nitrogens with one attached hydrogen (secondary N) is 1. The van der Waals surface area contributed by atoms with Crippen LogP contribution in [0.5, 0.6) is 0 Å². The van der Waals surface area contributed by atoms with Gasteiger partial charge in [0.25, 0.3) is 0 Å². The molecule has 0 aliphatic carbocycles. The zero-order valence-electron chi connectivity index (χ0n) is 11.6. The lowest BCUT2D eigenvalue weighted by molar-refractivity contribution is -0.664. The normalized spacial score (nSPS) is 10.2. The summed E-state index contributed by atoms with van der Waals surface area (Å²) in [6.07, 6.45) is 5.44. The van der Waals surface area contributed by atoms with Crippen LogP contribution in [-0.2, 0) is 11.4 Å². The number of aromatic nitrogens is 1. The van der Waals surface area contributed by atoms with E-state index in [1.165, 1.54) is 0 Å². The molecule has 0 fully saturated rings. The lowest BCUT2D eigenvalue weighted by Gasteiger charge is -2.08. The van der Waals surface area contributed by atoms with Crippen molar-refractivity contribution in [2.24, 2.45) is 0 Å². The molecule has 0 aliphatic heterocycles. The van der Waals surface area contributed by atoms with Crippen molar-refractivity contribution in [2.45, 2.75) is 20.4 Å². The van der Waals surface area contributed by atoms with Crippen LogP contribution >= 0.6 is 12.2 Å². The molecule has 2 rings (SSSR count). The van der Waals surface area contributed by atoms with Gasteiger partial charge in [-0.3, -0.25) is 10.3 Å². The van der Waals surface area contributed by atoms with Crippen LogP contribution in [0.3, 0.4) is 0 Å². The highest BCUT2D eigenvalue weighted by molar-refractivity contribution is 7.80. The molecule has 4 heteroatoms. The summed E-state index contributed by atoms with van der Waals surface area (Å²) in [5.41, 5.74) is 5.92. The zero-order chi connectivity index (χ0) is 14.5. The average Bonchev–Trinajstić information content (AvgIpc) is 2.47. The predicted octanol–water partition coefficient (Wildman–Crippen LogP) is 2.29. The number of benzene rings is 1. The van der Waals surface area contributed by atoms with Crippen LogP contribution < -0.4 is 10.0 Å². The molecule has 1 heterocycles. The number of terminal acetylenes is 1. The molecule has 0 radical (unpaired) electrons. The van der Waals surface area contributed by atoms with Crippen LogP contribution in [-0.4, -0.2) is 11.6 Å². The van der Waals surface area contributed by atoms with Gasteiger partial charge in [0.2, 0.25) is 12.1 Å². The molecular formula is C16H17N2OS+. The van der Waals surface area contributed by atoms with Crippen molar-refractivity contribution >= 4 is 28.1 Å². The molecule has 0 aliphatic rings. The lowest BCUT2D eigenvalue weighted by Crippen LogP contribution is -2.37. The highest BCUT2D eigenvalue weighted by Crippen LogP contribution is 2.14. The van der Waals surface area contributed by atoms with E-state index in [1.807, 2.05) is 32.0 Å². The Labute approximate surface area is 124 Å². The maximum absolute atomic E-state index is 5.44. The van der Waals surface area contributed by atoms with Crippen molar-refractivity contribution in [3.63, 3.8) is 0 Å². The fourth-order valence-corrected chi connectivity index (χ4v) is 2.25. The quantitative estimate of drug-likeness (QED) is 0.404. The topological polar surface area (TPSA) is 25.1 Å². The van der Waals surface area contributed by atoms with E-state index in [2.05, 4.69) is 28.1 Å². The fraction of sp³-hybridized carbons (Fsp3) is 0.250. The van der Waals surface area contributed by atoms with Crippen LogP contribution in [0.4, 0.5) is 0 Å². The molecular weight excluding hydrogens is 268 g/mol. The third kappa shape index (κ3) is 2.96. The van der Waals surface area contributed by atoms with Crippen molar-refractivity contribution in [1.82, 2.24) is 5.48 Å². The number of aryl methyl sites for hydroxylation is 1. The molecule has 1 aromatic carbocycles. The van der Waals surface area contributed by atoms with Gasteiger partial charge in [-0.05, 0) is 31.0 Å². The fourth-order valence-electron chi connectivity index (χ4n) is 2.06. The minimum atomic E-state index is 0.560. The molecule has 0 saturated heterocycles. The number of nitrogens with zero attached hydrogens (tertiary/aromatic N) is 1. The number of hydrogen-bond donors (Lipinski definition) is 1. The van der Waals surface area contributed by atoms with Crippen molar-refractivity contribution in [2.75, 3.05) is 6.61 Å². The van der Waals surface area contributed by atoms with Crippen LogP contribution in [0, 0.1) is 19.3 Å². The molecule has 0 spiro atoms. The summed E-state index contributed by atoms with van der Waals surface area (Å²) in [4.78, 5) is 5.70. The molecule has 0 atom stereocenters. The number of pyridine rings is 1. The molecule has 0 saturated carbocycles. The second-order valence-electron chi connectivity index (χ2n) is 4.40. The maximum atomic E-state index is 5.44. The van der Waals surface area contributed by atoms with E-state index in [-0.39, 0.29) is 0 Å². The van der Waals surface area contributed by atoms with Gasteiger partial charge in [-0.15, -0.1) is 6.42 Å². The van der Waals surface area contributed by atoms with Gasteiger partial charge in [0, 0.05) is 30.0 Å². The van der Waals surface area contributed by atoms with Crippen molar-refractivity contribution in [1.29, 1.82) is 0 Å². The van der Waals surface area contributed by atoms with E-state index in [1.54, 1.807) is 0 Å². The van der Waals surface area contributed by atoms with Gasteiger partial charge in [-0.25, -0.2) is 0 Å². The summed E-state index contributed by atoms with van der Waals surface area (Å²) < 4.78 is 2.11. The van der Waals surface area contributed by atoms with E-state index in [9.17, 15) is 0 Å². The first-order valence-electron chi connectivity index (χ1n) is 6.46. The van der Waals surface area contributed by atoms with Gasteiger partial charge in [-0.1, -0.05) is 12.2 Å². The third-order valence-electron chi connectivity index (χ3n) is 3.07. The van der Waals surface area contributed by atoms with Gasteiger partial charge in [0.15, 0.2) is 5.69 Å². The largest absolute Gasteiger partial charge is 0.276 e. The monoisotopic (exact) mass is 285 g/mol. The van der Waals surface area contributed by atoms with Crippen LogP contribution in [0.1, 0.15) is 18.2 Å². The van der Waals surface area contributed by atoms with E-state index >= 15 is 0 Å². The highest BCUT2D eigenvalue weighted by atomic mass is 32.1.